The highest BCUT2D eigenvalue weighted by molar-refractivity contribution is 9.11. The van der Waals surface area contributed by atoms with E-state index in [1.54, 1.807) is 12.3 Å². The van der Waals surface area contributed by atoms with Crippen molar-refractivity contribution in [3.05, 3.63) is 22.3 Å². The molecule has 1 atom stereocenters. The number of nitrogens with one attached hydrogen (secondary N) is 1. The number of hydrogen-bond acceptors (Lipinski definition) is 4. The van der Waals surface area contributed by atoms with Gasteiger partial charge in [0.2, 0.25) is 0 Å². The molecule has 0 aromatic rings. The number of ether oxygens (including phenoxy) is 2. The van der Waals surface area contributed by atoms with Crippen LogP contribution in [-0.2, 0) is 14.3 Å². The van der Waals surface area contributed by atoms with E-state index in [1.165, 1.54) is 20.0 Å². The fourth-order valence-corrected chi connectivity index (χ4v) is 2.55. The summed E-state index contributed by atoms with van der Waals surface area (Å²) < 4.78 is 11.4. The summed E-state index contributed by atoms with van der Waals surface area (Å²) in [6.45, 7) is 0. The lowest BCUT2D eigenvalue weighted by Crippen LogP contribution is -2.34. The maximum atomic E-state index is 11.3. The first-order valence-corrected chi connectivity index (χ1v) is 6.57. The van der Waals surface area contributed by atoms with Gasteiger partial charge in [-0.1, -0.05) is 28.8 Å². The first-order valence-electron chi connectivity index (χ1n) is 5.78. The van der Waals surface area contributed by atoms with Crippen molar-refractivity contribution in [1.29, 1.82) is 0 Å². The molecular formula is C12H16BrNO3. The molecule has 5 heteroatoms. The Bertz CT molecular complexity index is 359. The molecule has 4 nitrogen and oxygen atoms in total. The van der Waals surface area contributed by atoms with Crippen LogP contribution in [-0.4, -0.2) is 25.4 Å². The summed E-state index contributed by atoms with van der Waals surface area (Å²) in [7, 11) is 1.37. The fraction of sp³-hybridized carbons (Fsp3) is 0.583. The maximum Gasteiger partial charge on any atom is 0.339 e. The lowest BCUT2D eigenvalue weighted by molar-refractivity contribution is -0.135. The molecule has 1 unspecified atom stereocenters. The van der Waals surface area contributed by atoms with Gasteiger partial charge in [0.1, 0.15) is 0 Å². The van der Waals surface area contributed by atoms with Crippen LogP contribution in [0.4, 0.5) is 0 Å². The Hall–Kier alpha value is -0.810. The summed E-state index contributed by atoms with van der Waals surface area (Å²) in [5.74, 6) is -0.353. The van der Waals surface area contributed by atoms with Crippen molar-refractivity contribution in [2.45, 2.75) is 38.0 Å². The largest absolute Gasteiger partial charge is 0.465 e. The van der Waals surface area contributed by atoms with Crippen LogP contribution in [0.3, 0.4) is 0 Å². The highest BCUT2D eigenvalue weighted by Crippen LogP contribution is 2.27. The minimum Gasteiger partial charge on any atom is -0.465 e. The molecule has 1 heterocycles. The van der Waals surface area contributed by atoms with Gasteiger partial charge in [-0.25, -0.2) is 4.79 Å². The molecule has 2 aliphatic rings. The average Bonchev–Trinajstić information content (AvgIpc) is 2.83. The topological polar surface area (TPSA) is 47.6 Å². The van der Waals surface area contributed by atoms with Gasteiger partial charge < -0.3 is 14.8 Å². The van der Waals surface area contributed by atoms with Gasteiger partial charge in [0, 0.05) is 10.7 Å². The summed E-state index contributed by atoms with van der Waals surface area (Å²) in [6.07, 6.45) is 8.22. The quantitative estimate of drug-likeness (QED) is 0.812. The molecule has 0 bridgehead atoms. The summed E-state index contributed by atoms with van der Waals surface area (Å²) in [4.78, 5) is 11.3. The zero-order valence-electron chi connectivity index (χ0n) is 9.74. The van der Waals surface area contributed by atoms with E-state index in [2.05, 4.69) is 26.0 Å². The van der Waals surface area contributed by atoms with E-state index in [0.717, 1.165) is 17.3 Å². The van der Waals surface area contributed by atoms with Crippen LogP contribution in [0, 0.1) is 0 Å². The third kappa shape index (κ3) is 3.10. The van der Waals surface area contributed by atoms with Crippen molar-refractivity contribution >= 4 is 21.9 Å². The molecule has 0 radical (unpaired) electrons. The van der Waals surface area contributed by atoms with E-state index in [9.17, 15) is 4.79 Å². The number of carbonyl (C=O) groups excluding carboxylic acids is 1. The smallest absolute Gasteiger partial charge is 0.339 e. The first kappa shape index (κ1) is 12.6. The third-order valence-electron chi connectivity index (χ3n) is 2.99. The SMILES string of the molecule is COC(=O)C1=CNC(OC2CCCC2)C(Br)=C1. The molecule has 1 aliphatic carbocycles. The second-order valence-electron chi connectivity index (χ2n) is 4.21. The van der Waals surface area contributed by atoms with Gasteiger partial charge in [-0.3, -0.25) is 0 Å². The third-order valence-corrected chi connectivity index (χ3v) is 3.63. The minimum atomic E-state index is -0.353. The molecule has 1 aliphatic heterocycles. The summed E-state index contributed by atoms with van der Waals surface area (Å²) in [5, 5.41) is 3.06. The van der Waals surface area contributed by atoms with E-state index in [1.807, 2.05) is 0 Å². The zero-order valence-corrected chi connectivity index (χ0v) is 11.3. The van der Waals surface area contributed by atoms with Crippen LogP contribution < -0.4 is 5.32 Å². The highest BCUT2D eigenvalue weighted by atomic mass is 79.9. The summed E-state index contributed by atoms with van der Waals surface area (Å²) >= 11 is 3.42. The van der Waals surface area contributed by atoms with Gasteiger partial charge in [0.05, 0.1) is 18.8 Å². The second kappa shape index (κ2) is 5.69. The average molecular weight is 302 g/mol. The predicted molar refractivity (Wildman–Crippen MR) is 67.4 cm³/mol. The van der Waals surface area contributed by atoms with E-state index in [-0.39, 0.29) is 12.2 Å². The number of dihydropyridines is 1. The molecule has 0 amide bonds. The predicted octanol–water partition coefficient (Wildman–Crippen LogP) is 2.21. The Kier molecular flexibility index (Phi) is 4.23. The van der Waals surface area contributed by atoms with Crippen LogP contribution in [0.5, 0.6) is 0 Å². The van der Waals surface area contributed by atoms with Crippen molar-refractivity contribution < 1.29 is 14.3 Å². The molecule has 94 valence electrons. The number of halogens is 1. The van der Waals surface area contributed by atoms with Crippen LogP contribution >= 0.6 is 15.9 Å². The number of carbonyl (C=O) groups is 1. The lowest BCUT2D eigenvalue weighted by atomic mass is 10.2. The highest BCUT2D eigenvalue weighted by Gasteiger charge is 2.24. The van der Waals surface area contributed by atoms with Gasteiger partial charge in [0.15, 0.2) is 6.23 Å². The number of methoxy groups -OCH3 is 1. The van der Waals surface area contributed by atoms with E-state index in [4.69, 9.17) is 4.74 Å². The van der Waals surface area contributed by atoms with Crippen LogP contribution in [0.15, 0.2) is 22.3 Å². The monoisotopic (exact) mass is 301 g/mol. The fourth-order valence-electron chi connectivity index (χ4n) is 2.07. The normalized spacial score (nSPS) is 24.9. The van der Waals surface area contributed by atoms with Crippen molar-refractivity contribution in [2.75, 3.05) is 7.11 Å². The molecule has 0 spiro atoms. The lowest BCUT2D eigenvalue weighted by Gasteiger charge is -2.25. The zero-order chi connectivity index (χ0) is 12.3. The van der Waals surface area contributed by atoms with E-state index in [0.29, 0.717) is 11.7 Å². The van der Waals surface area contributed by atoms with Gasteiger partial charge in [-0.05, 0) is 18.9 Å². The molecule has 0 aromatic heterocycles. The van der Waals surface area contributed by atoms with Crippen molar-refractivity contribution in [3.63, 3.8) is 0 Å². The summed E-state index contributed by atoms with van der Waals surface area (Å²) in [6, 6.07) is 0. The Labute approximate surface area is 109 Å². The first-order chi connectivity index (χ1) is 8.20. The molecule has 1 fully saturated rings. The molecular weight excluding hydrogens is 286 g/mol. The second-order valence-corrected chi connectivity index (χ2v) is 5.13. The Morgan fingerprint density at radius 1 is 1.47 bits per heavy atom. The standard InChI is InChI=1S/C12H16BrNO3/c1-16-12(15)8-6-10(13)11(14-7-8)17-9-4-2-3-5-9/h6-7,9,11,14H,2-5H2,1H3. The molecule has 17 heavy (non-hydrogen) atoms. The molecule has 0 saturated heterocycles. The van der Waals surface area contributed by atoms with Crippen LogP contribution in [0.25, 0.3) is 0 Å². The molecule has 1 N–H and O–H groups in total. The Balaban J connectivity index is 1.94. The van der Waals surface area contributed by atoms with Crippen LogP contribution in [0.2, 0.25) is 0 Å². The van der Waals surface area contributed by atoms with E-state index >= 15 is 0 Å². The molecule has 2 rings (SSSR count). The van der Waals surface area contributed by atoms with Gasteiger partial charge in [0.25, 0.3) is 0 Å². The molecule has 0 aromatic carbocycles. The van der Waals surface area contributed by atoms with Crippen molar-refractivity contribution in [3.8, 4) is 0 Å². The van der Waals surface area contributed by atoms with Crippen LogP contribution in [0.1, 0.15) is 25.7 Å². The summed E-state index contributed by atoms with van der Waals surface area (Å²) in [5.41, 5.74) is 0.491. The number of hydrogen-bond donors (Lipinski definition) is 1. The number of esters is 1. The van der Waals surface area contributed by atoms with Crippen molar-refractivity contribution in [1.82, 2.24) is 5.32 Å². The Morgan fingerprint density at radius 3 is 2.76 bits per heavy atom. The maximum absolute atomic E-state index is 11.3. The minimum absolute atomic E-state index is 0.188. The van der Waals surface area contributed by atoms with Crippen molar-refractivity contribution in [2.24, 2.45) is 0 Å². The molecule has 1 saturated carbocycles. The number of rotatable bonds is 3. The Morgan fingerprint density at radius 2 is 2.18 bits per heavy atom. The van der Waals surface area contributed by atoms with E-state index < -0.39 is 0 Å². The van der Waals surface area contributed by atoms with Gasteiger partial charge in [-0.15, -0.1) is 0 Å². The van der Waals surface area contributed by atoms with Gasteiger partial charge in [-0.2, -0.15) is 0 Å². The van der Waals surface area contributed by atoms with Gasteiger partial charge >= 0.3 is 5.97 Å².